The Kier molecular flexibility index (Phi) is 4.28. The number of hydrogen-bond donors (Lipinski definition) is 1. The van der Waals surface area contributed by atoms with Gasteiger partial charge in [-0.2, -0.15) is 0 Å². The number of nitrogens with zero attached hydrogens (tertiary/aromatic N) is 3. The highest BCUT2D eigenvalue weighted by molar-refractivity contribution is 7.10. The molecule has 0 saturated carbocycles. The molecule has 1 saturated heterocycles. The van der Waals surface area contributed by atoms with Crippen molar-refractivity contribution < 1.29 is 0 Å². The van der Waals surface area contributed by atoms with Gasteiger partial charge in [0.2, 0.25) is 5.95 Å². The second kappa shape index (κ2) is 6.33. The number of thiophene rings is 1. The lowest BCUT2D eigenvalue weighted by Gasteiger charge is -2.34. The quantitative estimate of drug-likeness (QED) is 0.939. The minimum absolute atomic E-state index is 0.414. The van der Waals surface area contributed by atoms with E-state index in [0.717, 1.165) is 19.0 Å². The third-order valence-electron chi connectivity index (χ3n) is 3.71. The van der Waals surface area contributed by atoms with Crippen molar-refractivity contribution in [2.75, 3.05) is 18.0 Å². The molecular weight excluding hydrogens is 268 g/mol. The Morgan fingerprint density at radius 2 is 2.20 bits per heavy atom. The molecule has 3 heterocycles. The summed E-state index contributed by atoms with van der Waals surface area (Å²) < 4.78 is 0. The lowest BCUT2D eigenvalue weighted by Crippen LogP contribution is -2.46. The Hall–Kier alpha value is -1.46. The van der Waals surface area contributed by atoms with E-state index in [2.05, 4.69) is 44.6 Å². The Morgan fingerprint density at radius 3 is 2.95 bits per heavy atom. The van der Waals surface area contributed by atoms with Crippen LogP contribution < -0.4 is 10.2 Å². The molecule has 1 aliphatic heterocycles. The summed E-state index contributed by atoms with van der Waals surface area (Å²) in [4.78, 5) is 12.4. The molecule has 5 heteroatoms. The van der Waals surface area contributed by atoms with Crippen LogP contribution in [0.4, 0.5) is 5.95 Å². The summed E-state index contributed by atoms with van der Waals surface area (Å²) >= 11 is 1.82. The summed E-state index contributed by atoms with van der Waals surface area (Å²) in [7, 11) is 0. The number of anilines is 1. The van der Waals surface area contributed by atoms with Crippen LogP contribution in [0.3, 0.4) is 0 Å². The molecule has 2 aromatic heterocycles. The van der Waals surface area contributed by atoms with Crippen LogP contribution in [0, 0.1) is 0 Å². The van der Waals surface area contributed by atoms with E-state index in [1.165, 1.54) is 17.7 Å². The van der Waals surface area contributed by atoms with Gasteiger partial charge in [-0.3, -0.25) is 0 Å². The molecule has 0 bridgehead atoms. The van der Waals surface area contributed by atoms with Gasteiger partial charge < -0.3 is 10.2 Å². The van der Waals surface area contributed by atoms with E-state index in [-0.39, 0.29) is 0 Å². The standard InChI is InChI=1S/C15H20N4S/c1-12(14-6-3-10-20-14)18-13-5-2-9-19(11-13)15-16-7-4-8-17-15/h3-4,6-8,10,12-13,18H,2,5,9,11H2,1H3. The molecule has 1 fully saturated rings. The fourth-order valence-electron chi connectivity index (χ4n) is 2.72. The van der Waals surface area contributed by atoms with Gasteiger partial charge in [-0.25, -0.2) is 9.97 Å². The third-order valence-corrected chi connectivity index (χ3v) is 4.77. The van der Waals surface area contributed by atoms with Gasteiger partial charge in [-0.1, -0.05) is 6.07 Å². The minimum atomic E-state index is 0.414. The fraction of sp³-hybridized carbons (Fsp3) is 0.467. The van der Waals surface area contributed by atoms with Crippen LogP contribution in [-0.4, -0.2) is 29.1 Å². The zero-order chi connectivity index (χ0) is 13.8. The molecule has 3 rings (SSSR count). The third kappa shape index (κ3) is 3.16. The Bertz CT molecular complexity index is 514. The molecule has 2 atom stereocenters. The first-order chi connectivity index (χ1) is 9.83. The van der Waals surface area contributed by atoms with Crippen molar-refractivity contribution in [3.8, 4) is 0 Å². The number of nitrogens with one attached hydrogen (secondary N) is 1. The highest BCUT2D eigenvalue weighted by Crippen LogP contribution is 2.21. The van der Waals surface area contributed by atoms with Crippen LogP contribution in [0.2, 0.25) is 0 Å². The van der Waals surface area contributed by atoms with E-state index < -0.39 is 0 Å². The molecule has 1 N–H and O–H groups in total. The van der Waals surface area contributed by atoms with Gasteiger partial charge in [-0.15, -0.1) is 11.3 Å². The van der Waals surface area contributed by atoms with E-state index in [4.69, 9.17) is 0 Å². The normalized spacial score (nSPS) is 20.9. The lowest BCUT2D eigenvalue weighted by atomic mass is 10.0. The molecular formula is C15H20N4S. The zero-order valence-electron chi connectivity index (χ0n) is 11.7. The van der Waals surface area contributed by atoms with E-state index in [0.29, 0.717) is 12.1 Å². The van der Waals surface area contributed by atoms with Crippen LogP contribution in [0.1, 0.15) is 30.7 Å². The number of rotatable bonds is 4. The summed E-state index contributed by atoms with van der Waals surface area (Å²) in [5.41, 5.74) is 0. The first-order valence-electron chi connectivity index (χ1n) is 7.14. The van der Waals surface area contributed by atoms with Crippen molar-refractivity contribution in [2.24, 2.45) is 0 Å². The van der Waals surface area contributed by atoms with Crippen LogP contribution in [0.25, 0.3) is 0 Å². The molecule has 0 amide bonds. The van der Waals surface area contributed by atoms with Gasteiger partial charge in [0.25, 0.3) is 0 Å². The van der Waals surface area contributed by atoms with Crippen LogP contribution in [-0.2, 0) is 0 Å². The lowest BCUT2D eigenvalue weighted by molar-refractivity contribution is 0.388. The highest BCUT2D eigenvalue weighted by Gasteiger charge is 2.23. The molecule has 0 aliphatic carbocycles. The molecule has 2 aromatic rings. The summed E-state index contributed by atoms with van der Waals surface area (Å²) in [5, 5.41) is 5.87. The predicted molar refractivity (Wildman–Crippen MR) is 83.1 cm³/mol. The summed E-state index contributed by atoms with van der Waals surface area (Å²) in [6, 6.07) is 7.09. The predicted octanol–water partition coefficient (Wildman–Crippen LogP) is 2.86. The molecule has 0 aromatic carbocycles. The second-order valence-electron chi connectivity index (χ2n) is 5.24. The SMILES string of the molecule is CC(NC1CCCN(c2ncccn2)C1)c1cccs1. The summed E-state index contributed by atoms with van der Waals surface area (Å²) in [5.74, 6) is 0.850. The van der Waals surface area contributed by atoms with Crippen LogP contribution in [0.15, 0.2) is 36.0 Å². The summed E-state index contributed by atoms with van der Waals surface area (Å²) in [6.07, 6.45) is 6.04. The van der Waals surface area contributed by atoms with Crippen molar-refractivity contribution in [1.82, 2.24) is 15.3 Å². The number of aromatic nitrogens is 2. The number of hydrogen-bond acceptors (Lipinski definition) is 5. The van der Waals surface area contributed by atoms with E-state index in [1.807, 2.05) is 29.8 Å². The zero-order valence-corrected chi connectivity index (χ0v) is 12.5. The van der Waals surface area contributed by atoms with E-state index in [1.54, 1.807) is 0 Å². The monoisotopic (exact) mass is 288 g/mol. The second-order valence-corrected chi connectivity index (χ2v) is 6.22. The Morgan fingerprint density at radius 1 is 1.35 bits per heavy atom. The average molecular weight is 288 g/mol. The maximum Gasteiger partial charge on any atom is 0.225 e. The van der Waals surface area contributed by atoms with E-state index >= 15 is 0 Å². The smallest absolute Gasteiger partial charge is 0.225 e. The van der Waals surface area contributed by atoms with Gasteiger partial charge in [0.05, 0.1) is 0 Å². The van der Waals surface area contributed by atoms with Crippen molar-refractivity contribution in [3.63, 3.8) is 0 Å². The van der Waals surface area contributed by atoms with Crippen molar-refractivity contribution >= 4 is 17.3 Å². The molecule has 2 unspecified atom stereocenters. The van der Waals surface area contributed by atoms with Crippen LogP contribution in [0.5, 0.6) is 0 Å². The van der Waals surface area contributed by atoms with E-state index in [9.17, 15) is 0 Å². The average Bonchev–Trinajstić information content (AvgIpc) is 3.03. The highest BCUT2D eigenvalue weighted by atomic mass is 32.1. The summed E-state index contributed by atoms with van der Waals surface area (Å²) in [6.45, 7) is 4.28. The largest absolute Gasteiger partial charge is 0.339 e. The minimum Gasteiger partial charge on any atom is -0.339 e. The van der Waals surface area contributed by atoms with Crippen molar-refractivity contribution in [3.05, 3.63) is 40.8 Å². The molecule has 1 aliphatic rings. The van der Waals surface area contributed by atoms with Gasteiger partial charge in [0.1, 0.15) is 0 Å². The van der Waals surface area contributed by atoms with Crippen molar-refractivity contribution in [1.29, 1.82) is 0 Å². The van der Waals surface area contributed by atoms with Gasteiger partial charge >= 0.3 is 0 Å². The molecule has 0 radical (unpaired) electrons. The van der Waals surface area contributed by atoms with Crippen LogP contribution >= 0.6 is 11.3 Å². The maximum absolute atomic E-state index is 4.35. The topological polar surface area (TPSA) is 41.0 Å². The maximum atomic E-state index is 4.35. The first-order valence-corrected chi connectivity index (χ1v) is 8.02. The Balaban J connectivity index is 1.61. The van der Waals surface area contributed by atoms with Gasteiger partial charge in [-0.05, 0) is 37.3 Å². The Labute approximate surface area is 123 Å². The number of piperidine rings is 1. The fourth-order valence-corrected chi connectivity index (χ4v) is 3.47. The molecule has 20 heavy (non-hydrogen) atoms. The first kappa shape index (κ1) is 13.5. The molecule has 106 valence electrons. The van der Waals surface area contributed by atoms with Crippen molar-refractivity contribution in [2.45, 2.75) is 31.8 Å². The van der Waals surface area contributed by atoms with Gasteiger partial charge in [0, 0.05) is 42.4 Å². The molecule has 0 spiro atoms. The van der Waals surface area contributed by atoms with Gasteiger partial charge in [0.15, 0.2) is 0 Å². The molecule has 4 nitrogen and oxygen atoms in total.